The van der Waals surface area contributed by atoms with Gasteiger partial charge in [0.15, 0.2) is 0 Å². The summed E-state index contributed by atoms with van der Waals surface area (Å²) in [4.78, 5) is 1.42. The summed E-state index contributed by atoms with van der Waals surface area (Å²) >= 11 is 0. The molecule has 3 N–H and O–H groups in total. The molecule has 2 aromatic carbocycles. The number of rotatable bonds is 2. The van der Waals surface area contributed by atoms with Gasteiger partial charge in [-0.15, -0.1) is 15.0 Å². The van der Waals surface area contributed by atoms with Crippen LogP contribution in [0.4, 0.5) is 5.69 Å². The van der Waals surface area contributed by atoms with Gasteiger partial charge in [-0.05, 0) is 42.8 Å². The molecule has 0 radical (unpaired) electrons. The molecule has 1 heterocycles. The molecule has 0 aliphatic heterocycles. The molecule has 0 unspecified atom stereocenters. The summed E-state index contributed by atoms with van der Waals surface area (Å²) in [5.74, 6) is 0.110. The van der Waals surface area contributed by atoms with E-state index < -0.39 is 0 Å². The number of benzene rings is 2. The molecule has 5 heteroatoms. The SMILES string of the molecule is C=Cc1cc(C)cc(-n2nc3ccc(N)cc3n2)c1O. The van der Waals surface area contributed by atoms with Crippen LogP contribution >= 0.6 is 0 Å². The van der Waals surface area contributed by atoms with Gasteiger partial charge in [0.05, 0.1) is 0 Å². The highest BCUT2D eigenvalue weighted by Gasteiger charge is 2.12. The third kappa shape index (κ3) is 1.89. The number of phenols is 1. The molecule has 0 saturated carbocycles. The quantitative estimate of drug-likeness (QED) is 0.699. The molecule has 0 amide bonds. The Morgan fingerprint density at radius 2 is 1.95 bits per heavy atom. The van der Waals surface area contributed by atoms with Gasteiger partial charge in [0.1, 0.15) is 22.5 Å². The van der Waals surface area contributed by atoms with Gasteiger partial charge in [0, 0.05) is 11.3 Å². The van der Waals surface area contributed by atoms with Gasteiger partial charge in [-0.3, -0.25) is 0 Å². The summed E-state index contributed by atoms with van der Waals surface area (Å²) in [6, 6.07) is 9.00. The summed E-state index contributed by atoms with van der Waals surface area (Å²) in [6.07, 6.45) is 1.60. The maximum absolute atomic E-state index is 10.2. The van der Waals surface area contributed by atoms with Crippen molar-refractivity contribution in [2.24, 2.45) is 0 Å². The number of hydrogen-bond donors (Lipinski definition) is 2. The molecule has 100 valence electrons. The molecule has 0 fully saturated rings. The molecule has 3 aromatic rings. The first-order valence-electron chi connectivity index (χ1n) is 6.17. The summed E-state index contributed by atoms with van der Waals surface area (Å²) in [7, 11) is 0. The molecule has 0 aliphatic carbocycles. The van der Waals surface area contributed by atoms with E-state index in [9.17, 15) is 5.11 Å². The number of nitrogen functional groups attached to an aromatic ring is 1. The lowest BCUT2D eigenvalue weighted by Crippen LogP contribution is -2.00. The Morgan fingerprint density at radius 3 is 2.70 bits per heavy atom. The Bertz CT molecular complexity index is 820. The van der Waals surface area contributed by atoms with Crippen LogP contribution in [0.25, 0.3) is 22.8 Å². The molecule has 0 spiro atoms. The number of aromatic hydroxyl groups is 1. The Hall–Kier alpha value is -2.82. The maximum Gasteiger partial charge on any atom is 0.150 e. The molecule has 0 bridgehead atoms. The lowest BCUT2D eigenvalue weighted by Gasteiger charge is -2.07. The molecule has 0 aliphatic rings. The van der Waals surface area contributed by atoms with Gasteiger partial charge in [-0.1, -0.05) is 12.7 Å². The van der Waals surface area contributed by atoms with Crippen molar-refractivity contribution >= 4 is 22.8 Å². The van der Waals surface area contributed by atoms with Gasteiger partial charge in [-0.25, -0.2) is 0 Å². The summed E-state index contributed by atoms with van der Waals surface area (Å²) < 4.78 is 0. The normalized spacial score (nSPS) is 10.8. The van der Waals surface area contributed by atoms with Crippen molar-refractivity contribution in [3.63, 3.8) is 0 Å². The second kappa shape index (κ2) is 4.38. The average molecular weight is 266 g/mol. The minimum atomic E-state index is 0.110. The van der Waals surface area contributed by atoms with E-state index in [1.165, 1.54) is 4.80 Å². The van der Waals surface area contributed by atoms with E-state index in [-0.39, 0.29) is 5.75 Å². The van der Waals surface area contributed by atoms with E-state index in [4.69, 9.17) is 5.73 Å². The van der Waals surface area contributed by atoms with Crippen LogP contribution in [0.15, 0.2) is 36.9 Å². The Balaban J connectivity index is 2.25. The molecule has 0 saturated heterocycles. The van der Waals surface area contributed by atoms with E-state index in [0.717, 1.165) is 11.1 Å². The smallest absolute Gasteiger partial charge is 0.150 e. The minimum Gasteiger partial charge on any atom is -0.505 e. The second-order valence-corrected chi connectivity index (χ2v) is 4.66. The van der Waals surface area contributed by atoms with Crippen molar-refractivity contribution in [2.45, 2.75) is 6.92 Å². The lowest BCUT2D eigenvalue weighted by molar-refractivity contribution is 0.466. The summed E-state index contributed by atoms with van der Waals surface area (Å²) in [6.45, 7) is 5.64. The molecular weight excluding hydrogens is 252 g/mol. The Kier molecular flexibility index (Phi) is 2.68. The first-order valence-corrected chi connectivity index (χ1v) is 6.17. The topological polar surface area (TPSA) is 77.0 Å². The number of hydrogen-bond acceptors (Lipinski definition) is 4. The summed E-state index contributed by atoms with van der Waals surface area (Å²) in [5, 5.41) is 19.0. The Labute approximate surface area is 116 Å². The lowest BCUT2D eigenvalue weighted by atomic mass is 10.1. The molecule has 0 atom stereocenters. The van der Waals surface area contributed by atoms with Crippen LogP contribution in [0.3, 0.4) is 0 Å². The molecule has 20 heavy (non-hydrogen) atoms. The van der Waals surface area contributed by atoms with Crippen LogP contribution in [-0.2, 0) is 0 Å². The molecule has 5 nitrogen and oxygen atoms in total. The number of aryl methyl sites for hydroxylation is 1. The van der Waals surface area contributed by atoms with Crippen LogP contribution in [0.5, 0.6) is 5.75 Å². The predicted molar refractivity (Wildman–Crippen MR) is 79.8 cm³/mol. The van der Waals surface area contributed by atoms with E-state index in [0.29, 0.717) is 22.5 Å². The number of aromatic nitrogens is 3. The molecule has 3 rings (SSSR count). The van der Waals surface area contributed by atoms with Gasteiger partial charge in [0.25, 0.3) is 0 Å². The average Bonchev–Trinajstić information content (AvgIpc) is 2.83. The highest BCUT2D eigenvalue weighted by atomic mass is 16.3. The number of nitrogens with two attached hydrogens (primary N) is 1. The fraction of sp³-hybridized carbons (Fsp3) is 0.0667. The van der Waals surface area contributed by atoms with Crippen LogP contribution in [0, 0.1) is 6.92 Å². The van der Waals surface area contributed by atoms with Crippen LogP contribution in [0.2, 0.25) is 0 Å². The highest BCUT2D eigenvalue weighted by Crippen LogP contribution is 2.28. The number of phenolic OH excluding ortho intramolecular Hbond substituents is 1. The first kappa shape index (κ1) is 12.2. The first-order chi connectivity index (χ1) is 9.58. The zero-order valence-corrected chi connectivity index (χ0v) is 11.0. The Morgan fingerprint density at radius 1 is 1.20 bits per heavy atom. The standard InChI is InChI=1S/C15H14N4O/c1-3-10-6-9(2)7-14(15(10)20)19-17-12-5-4-11(16)8-13(12)18-19/h3-8,20H,1,16H2,2H3. The van der Waals surface area contributed by atoms with Crippen molar-refractivity contribution in [3.05, 3.63) is 48.0 Å². The van der Waals surface area contributed by atoms with Crippen molar-refractivity contribution in [3.8, 4) is 11.4 Å². The third-order valence-electron chi connectivity index (χ3n) is 3.10. The number of anilines is 1. The van der Waals surface area contributed by atoms with Crippen LogP contribution in [-0.4, -0.2) is 20.1 Å². The summed E-state index contributed by atoms with van der Waals surface area (Å²) in [5.41, 5.74) is 9.94. The number of nitrogens with zero attached hydrogens (tertiary/aromatic N) is 3. The van der Waals surface area contributed by atoms with Crippen molar-refractivity contribution in [1.29, 1.82) is 0 Å². The van der Waals surface area contributed by atoms with E-state index in [1.54, 1.807) is 24.3 Å². The zero-order chi connectivity index (χ0) is 14.3. The largest absolute Gasteiger partial charge is 0.505 e. The van der Waals surface area contributed by atoms with E-state index >= 15 is 0 Å². The van der Waals surface area contributed by atoms with Crippen LogP contribution in [0.1, 0.15) is 11.1 Å². The fourth-order valence-electron chi connectivity index (χ4n) is 2.13. The minimum absolute atomic E-state index is 0.110. The van der Waals surface area contributed by atoms with Gasteiger partial charge in [0.2, 0.25) is 0 Å². The highest BCUT2D eigenvalue weighted by molar-refractivity contribution is 5.78. The maximum atomic E-state index is 10.2. The van der Waals surface area contributed by atoms with Crippen molar-refractivity contribution in [1.82, 2.24) is 15.0 Å². The van der Waals surface area contributed by atoms with Crippen molar-refractivity contribution < 1.29 is 5.11 Å². The van der Waals surface area contributed by atoms with Crippen LogP contribution < -0.4 is 5.73 Å². The fourth-order valence-corrected chi connectivity index (χ4v) is 2.13. The second-order valence-electron chi connectivity index (χ2n) is 4.66. The predicted octanol–water partition coefficient (Wildman–Crippen LogP) is 2.66. The van der Waals surface area contributed by atoms with E-state index in [2.05, 4.69) is 16.8 Å². The molecule has 1 aromatic heterocycles. The van der Waals surface area contributed by atoms with E-state index in [1.807, 2.05) is 19.1 Å². The molecular formula is C15H14N4O. The van der Waals surface area contributed by atoms with Gasteiger partial charge in [-0.2, -0.15) is 0 Å². The van der Waals surface area contributed by atoms with Gasteiger partial charge >= 0.3 is 0 Å². The number of fused-ring (bicyclic) bond motifs is 1. The third-order valence-corrected chi connectivity index (χ3v) is 3.10. The monoisotopic (exact) mass is 266 g/mol. The van der Waals surface area contributed by atoms with Gasteiger partial charge < -0.3 is 10.8 Å². The zero-order valence-electron chi connectivity index (χ0n) is 11.0. The van der Waals surface area contributed by atoms with Crippen molar-refractivity contribution in [2.75, 3.05) is 5.73 Å².